The third-order valence-electron chi connectivity index (χ3n) is 3.16. The molecular formula is C16H24N2O3. The lowest BCUT2D eigenvalue weighted by molar-refractivity contribution is 0.0568. The zero-order valence-electron chi connectivity index (χ0n) is 13.2. The number of anilines is 1. The van der Waals surface area contributed by atoms with Crippen molar-refractivity contribution in [3.05, 3.63) is 23.8 Å². The van der Waals surface area contributed by atoms with E-state index in [1.165, 1.54) is 5.56 Å². The summed E-state index contributed by atoms with van der Waals surface area (Å²) in [5.41, 5.74) is 1.46. The van der Waals surface area contributed by atoms with E-state index in [-0.39, 0.29) is 6.09 Å². The Morgan fingerprint density at radius 2 is 2.19 bits per heavy atom. The van der Waals surface area contributed by atoms with E-state index in [1.807, 2.05) is 46.0 Å². The van der Waals surface area contributed by atoms with Gasteiger partial charge >= 0.3 is 6.09 Å². The average molecular weight is 292 g/mol. The van der Waals surface area contributed by atoms with E-state index in [9.17, 15) is 4.79 Å². The van der Waals surface area contributed by atoms with Crippen molar-refractivity contribution in [3.63, 3.8) is 0 Å². The molecule has 0 fully saturated rings. The average Bonchev–Trinajstić information content (AvgIpc) is 2.42. The highest BCUT2D eigenvalue weighted by Gasteiger charge is 2.28. The van der Waals surface area contributed by atoms with E-state index < -0.39 is 5.60 Å². The van der Waals surface area contributed by atoms with Crippen molar-refractivity contribution in [3.8, 4) is 5.75 Å². The summed E-state index contributed by atoms with van der Waals surface area (Å²) in [6.45, 7) is 7.51. The zero-order chi connectivity index (χ0) is 15.5. The number of rotatable bonds is 3. The summed E-state index contributed by atoms with van der Waals surface area (Å²) >= 11 is 0. The predicted molar refractivity (Wildman–Crippen MR) is 83.1 cm³/mol. The Balaban J connectivity index is 2.22. The summed E-state index contributed by atoms with van der Waals surface area (Å²) in [4.78, 5) is 14.0. The fourth-order valence-electron chi connectivity index (χ4n) is 2.19. The van der Waals surface area contributed by atoms with Gasteiger partial charge in [0.1, 0.15) is 18.0 Å². The van der Waals surface area contributed by atoms with Crippen LogP contribution in [-0.2, 0) is 11.2 Å². The molecule has 0 bridgehead atoms. The molecule has 0 aliphatic carbocycles. The van der Waals surface area contributed by atoms with Crippen LogP contribution in [-0.4, -0.2) is 38.4 Å². The Bertz CT molecular complexity index is 509. The number of ether oxygens (including phenoxy) is 2. The van der Waals surface area contributed by atoms with Gasteiger partial charge in [0, 0.05) is 0 Å². The highest BCUT2D eigenvalue weighted by Crippen LogP contribution is 2.33. The van der Waals surface area contributed by atoms with Gasteiger partial charge in [0.2, 0.25) is 0 Å². The molecule has 0 aromatic heterocycles. The number of fused-ring (bicyclic) bond motifs is 1. The second kappa shape index (κ2) is 6.35. The molecule has 1 heterocycles. The largest absolute Gasteiger partial charge is 0.490 e. The first-order chi connectivity index (χ1) is 9.90. The molecule has 5 heteroatoms. The van der Waals surface area contributed by atoms with Crippen molar-refractivity contribution in [2.24, 2.45) is 0 Å². The van der Waals surface area contributed by atoms with Gasteiger partial charge < -0.3 is 14.8 Å². The second-order valence-corrected chi connectivity index (χ2v) is 6.14. The fraction of sp³-hybridized carbons (Fsp3) is 0.562. The standard InChI is InChI=1S/C16H24N2O3/c1-16(2,3)21-15(19)18-9-10-20-14-6-5-12(7-8-17-4)11-13(14)18/h5-6,11,17H,7-10H2,1-4H3. The Labute approximate surface area is 126 Å². The number of nitrogens with zero attached hydrogens (tertiary/aromatic N) is 1. The number of carbonyl (C=O) groups excluding carboxylic acids is 1. The maximum Gasteiger partial charge on any atom is 0.415 e. The SMILES string of the molecule is CNCCc1ccc2c(c1)N(C(=O)OC(C)(C)C)CCO2. The van der Waals surface area contributed by atoms with Crippen molar-refractivity contribution in [2.45, 2.75) is 32.8 Å². The topological polar surface area (TPSA) is 50.8 Å². The van der Waals surface area contributed by atoms with Gasteiger partial charge in [0.05, 0.1) is 12.2 Å². The number of benzene rings is 1. The monoisotopic (exact) mass is 292 g/mol. The van der Waals surface area contributed by atoms with Gasteiger partial charge in [-0.05, 0) is 58.5 Å². The Morgan fingerprint density at radius 3 is 2.86 bits per heavy atom. The van der Waals surface area contributed by atoms with Crippen LogP contribution >= 0.6 is 0 Å². The molecule has 0 saturated carbocycles. The molecule has 2 rings (SSSR count). The van der Waals surface area contributed by atoms with Crippen molar-refractivity contribution >= 4 is 11.8 Å². The van der Waals surface area contributed by atoms with Crippen LogP contribution in [0.2, 0.25) is 0 Å². The molecule has 0 spiro atoms. The van der Waals surface area contributed by atoms with Gasteiger partial charge in [0.15, 0.2) is 0 Å². The molecule has 0 radical (unpaired) electrons. The molecule has 1 aliphatic heterocycles. The second-order valence-electron chi connectivity index (χ2n) is 6.14. The van der Waals surface area contributed by atoms with E-state index in [2.05, 4.69) is 5.32 Å². The van der Waals surface area contributed by atoms with Gasteiger partial charge in [-0.15, -0.1) is 0 Å². The number of carbonyl (C=O) groups is 1. The Morgan fingerprint density at radius 1 is 1.43 bits per heavy atom. The first kappa shape index (κ1) is 15.6. The maximum atomic E-state index is 12.3. The molecule has 116 valence electrons. The minimum atomic E-state index is -0.501. The number of hydrogen-bond acceptors (Lipinski definition) is 4. The van der Waals surface area contributed by atoms with Gasteiger partial charge in [-0.3, -0.25) is 4.90 Å². The molecule has 1 aromatic rings. The van der Waals surface area contributed by atoms with Crippen LogP contribution in [0.4, 0.5) is 10.5 Å². The number of hydrogen-bond donors (Lipinski definition) is 1. The van der Waals surface area contributed by atoms with Crippen molar-refractivity contribution in [1.29, 1.82) is 0 Å². The zero-order valence-corrected chi connectivity index (χ0v) is 13.2. The summed E-state index contributed by atoms with van der Waals surface area (Å²) in [7, 11) is 1.93. The van der Waals surface area contributed by atoms with E-state index in [4.69, 9.17) is 9.47 Å². The Hall–Kier alpha value is -1.75. The third kappa shape index (κ3) is 4.11. The Kier molecular flexibility index (Phi) is 4.73. The van der Waals surface area contributed by atoms with E-state index in [0.29, 0.717) is 13.2 Å². The van der Waals surface area contributed by atoms with Crippen LogP contribution in [0.25, 0.3) is 0 Å². The molecule has 1 aromatic carbocycles. The van der Waals surface area contributed by atoms with Crippen LogP contribution in [0.5, 0.6) is 5.75 Å². The lowest BCUT2D eigenvalue weighted by atomic mass is 10.1. The van der Waals surface area contributed by atoms with Crippen molar-refractivity contribution < 1.29 is 14.3 Å². The molecule has 1 N–H and O–H groups in total. The van der Waals surface area contributed by atoms with Gasteiger partial charge in [-0.25, -0.2) is 4.79 Å². The first-order valence-electron chi connectivity index (χ1n) is 7.31. The molecular weight excluding hydrogens is 268 g/mol. The third-order valence-corrected chi connectivity index (χ3v) is 3.16. The fourth-order valence-corrected chi connectivity index (χ4v) is 2.19. The van der Waals surface area contributed by atoms with Crippen LogP contribution in [0, 0.1) is 0 Å². The van der Waals surface area contributed by atoms with Gasteiger partial charge in [-0.2, -0.15) is 0 Å². The van der Waals surface area contributed by atoms with Crippen LogP contribution in [0.15, 0.2) is 18.2 Å². The molecule has 1 amide bonds. The van der Waals surface area contributed by atoms with E-state index >= 15 is 0 Å². The molecule has 0 saturated heterocycles. The van der Waals surface area contributed by atoms with E-state index in [0.717, 1.165) is 24.4 Å². The van der Waals surface area contributed by atoms with Crippen LogP contribution in [0.3, 0.4) is 0 Å². The predicted octanol–water partition coefficient (Wildman–Crippen LogP) is 2.58. The maximum absolute atomic E-state index is 12.3. The molecule has 0 unspecified atom stereocenters. The number of likely N-dealkylation sites (N-methyl/N-ethyl adjacent to an activating group) is 1. The van der Waals surface area contributed by atoms with E-state index in [1.54, 1.807) is 4.90 Å². The lowest BCUT2D eigenvalue weighted by Crippen LogP contribution is -2.41. The molecule has 0 atom stereocenters. The van der Waals surface area contributed by atoms with Gasteiger partial charge in [-0.1, -0.05) is 6.07 Å². The highest BCUT2D eigenvalue weighted by atomic mass is 16.6. The minimum Gasteiger partial charge on any atom is -0.490 e. The van der Waals surface area contributed by atoms with Crippen molar-refractivity contribution in [2.75, 3.05) is 31.6 Å². The van der Waals surface area contributed by atoms with Crippen molar-refractivity contribution in [1.82, 2.24) is 5.32 Å². The van der Waals surface area contributed by atoms with Crippen LogP contribution < -0.4 is 15.0 Å². The molecule has 21 heavy (non-hydrogen) atoms. The quantitative estimate of drug-likeness (QED) is 0.930. The summed E-state index contributed by atoms with van der Waals surface area (Å²) in [5.74, 6) is 0.736. The smallest absolute Gasteiger partial charge is 0.415 e. The molecule has 5 nitrogen and oxygen atoms in total. The lowest BCUT2D eigenvalue weighted by Gasteiger charge is -2.31. The highest BCUT2D eigenvalue weighted by molar-refractivity contribution is 5.90. The summed E-state index contributed by atoms with van der Waals surface area (Å²) in [6.07, 6.45) is 0.587. The summed E-state index contributed by atoms with van der Waals surface area (Å²) < 4.78 is 11.1. The summed E-state index contributed by atoms with van der Waals surface area (Å²) in [6, 6.07) is 5.97. The number of amides is 1. The van der Waals surface area contributed by atoms with Gasteiger partial charge in [0.25, 0.3) is 0 Å². The minimum absolute atomic E-state index is 0.321. The number of nitrogens with one attached hydrogen (secondary N) is 1. The summed E-state index contributed by atoms with van der Waals surface area (Å²) in [5, 5.41) is 3.12. The normalized spacial score (nSPS) is 14.4. The molecule has 1 aliphatic rings. The van der Waals surface area contributed by atoms with Crippen LogP contribution in [0.1, 0.15) is 26.3 Å². The first-order valence-corrected chi connectivity index (χ1v) is 7.31.